The third-order valence-electron chi connectivity index (χ3n) is 13.8. The van der Waals surface area contributed by atoms with Crippen molar-refractivity contribution in [2.75, 3.05) is 0 Å². The van der Waals surface area contributed by atoms with E-state index >= 15 is 0 Å². The summed E-state index contributed by atoms with van der Waals surface area (Å²) in [5.41, 5.74) is 21.5. The summed E-state index contributed by atoms with van der Waals surface area (Å²) in [6, 6.07) is 56.4. The normalized spacial score (nSPS) is 15.0. The molecule has 8 aromatic carbocycles. The summed E-state index contributed by atoms with van der Waals surface area (Å²) < 4.78 is 0. The molecule has 0 nitrogen and oxygen atoms in total. The first-order valence-corrected chi connectivity index (χ1v) is 21.2. The van der Waals surface area contributed by atoms with Crippen molar-refractivity contribution in [2.24, 2.45) is 0 Å². The molecule has 0 saturated carbocycles. The predicted molar refractivity (Wildman–Crippen MR) is 250 cm³/mol. The highest BCUT2D eigenvalue weighted by molar-refractivity contribution is 5.92. The highest BCUT2D eigenvalue weighted by Gasteiger charge is 2.38. The van der Waals surface area contributed by atoms with Crippen molar-refractivity contribution in [1.82, 2.24) is 0 Å². The van der Waals surface area contributed by atoms with Gasteiger partial charge in [0.25, 0.3) is 0 Å². The molecule has 2 aliphatic carbocycles. The van der Waals surface area contributed by atoms with E-state index in [0.29, 0.717) is 0 Å². The van der Waals surface area contributed by atoms with Gasteiger partial charge in [-0.3, -0.25) is 0 Å². The van der Waals surface area contributed by atoms with Crippen molar-refractivity contribution in [3.05, 3.63) is 179 Å². The Kier molecular flexibility index (Phi) is 7.82. The predicted octanol–water partition coefficient (Wildman–Crippen LogP) is 16.2. The zero-order chi connectivity index (χ0) is 40.5. The van der Waals surface area contributed by atoms with Gasteiger partial charge in [0.05, 0.1) is 0 Å². The average Bonchev–Trinajstić information content (AvgIpc) is 3.57. The number of hydrogen-bond donors (Lipinski definition) is 0. The molecule has 0 heterocycles. The zero-order valence-electron chi connectivity index (χ0n) is 35.9. The van der Waals surface area contributed by atoms with Crippen LogP contribution in [0.5, 0.6) is 0 Å². The Morgan fingerprint density at radius 3 is 0.810 bits per heavy atom. The lowest BCUT2D eigenvalue weighted by atomic mass is 9.79. The molecule has 286 valence electrons. The van der Waals surface area contributed by atoms with Crippen LogP contribution in [0.4, 0.5) is 0 Å². The molecule has 0 radical (unpaired) electrons. The van der Waals surface area contributed by atoms with Crippen molar-refractivity contribution in [3.8, 4) is 55.6 Å². The molecule has 0 spiro atoms. The molecule has 0 aromatic heterocycles. The van der Waals surface area contributed by atoms with Crippen LogP contribution in [-0.2, 0) is 21.7 Å². The van der Waals surface area contributed by atoms with E-state index in [1.807, 2.05) is 0 Å². The SMILES string of the molecule is CC(C)(C)c1ccc2cc(-c3ccc4c(c3)C(C)(C)c3cc(-c5ccc6c(c5)C(C)(C)c5cc(-c7ccc8cc(C(C)(C)C)ccc8c7)ccc5-6)ccc3-4)ccc2c1. The van der Waals surface area contributed by atoms with Gasteiger partial charge in [-0.05, 0) is 158 Å². The fourth-order valence-corrected chi connectivity index (χ4v) is 9.98. The quantitative estimate of drug-likeness (QED) is 0.169. The van der Waals surface area contributed by atoms with Crippen molar-refractivity contribution in [1.29, 1.82) is 0 Å². The Morgan fingerprint density at radius 2 is 0.517 bits per heavy atom. The van der Waals surface area contributed by atoms with Gasteiger partial charge in [0.15, 0.2) is 0 Å². The summed E-state index contributed by atoms with van der Waals surface area (Å²) in [5, 5.41) is 5.19. The Bertz CT molecular complexity index is 2800. The van der Waals surface area contributed by atoms with Crippen LogP contribution in [0, 0.1) is 0 Å². The minimum Gasteiger partial charge on any atom is -0.0579 e. The molecular weight excluding hydrogens is 697 g/mol. The monoisotopic (exact) mass is 750 g/mol. The second-order valence-corrected chi connectivity index (χ2v) is 20.3. The second-order valence-electron chi connectivity index (χ2n) is 20.3. The van der Waals surface area contributed by atoms with Gasteiger partial charge in [0.2, 0.25) is 0 Å². The smallest absolute Gasteiger partial charge is 0.0159 e. The first kappa shape index (κ1) is 36.6. The zero-order valence-corrected chi connectivity index (χ0v) is 35.9. The van der Waals surface area contributed by atoms with E-state index in [0.717, 1.165) is 0 Å². The van der Waals surface area contributed by atoms with E-state index in [-0.39, 0.29) is 21.7 Å². The van der Waals surface area contributed by atoms with Gasteiger partial charge in [-0.25, -0.2) is 0 Å². The molecule has 0 aliphatic heterocycles. The molecule has 0 atom stereocenters. The van der Waals surface area contributed by atoms with Gasteiger partial charge in [0, 0.05) is 10.8 Å². The first-order valence-electron chi connectivity index (χ1n) is 21.2. The van der Waals surface area contributed by atoms with Crippen LogP contribution in [0.25, 0.3) is 77.2 Å². The third kappa shape index (κ3) is 5.71. The van der Waals surface area contributed by atoms with Crippen LogP contribution < -0.4 is 0 Å². The molecule has 2 aliphatic rings. The van der Waals surface area contributed by atoms with Gasteiger partial charge in [-0.15, -0.1) is 0 Å². The standard InChI is InChI=1S/C58H54/c1-55(2,3)45-21-15-37-27-35(11-13-39(37)29-45)41-17-23-47-49-25-19-43(33-53(49)57(7,8)51(47)31-41)44-20-26-50-48-24-18-42(32-52(48)58(9,10)54(50)34-44)36-12-14-40-30-46(56(4,5)6)22-16-38(40)28-36/h11-34H,1-10H3. The van der Waals surface area contributed by atoms with Crippen LogP contribution in [0.2, 0.25) is 0 Å². The lowest BCUT2D eigenvalue weighted by molar-refractivity contribution is 0.591. The van der Waals surface area contributed by atoms with Gasteiger partial charge >= 0.3 is 0 Å². The maximum atomic E-state index is 2.47. The van der Waals surface area contributed by atoms with E-state index in [4.69, 9.17) is 0 Å². The molecule has 0 unspecified atom stereocenters. The van der Waals surface area contributed by atoms with Crippen LogP contribution in [0.1, 0.15) is 103 Å². The van der Waals surface area contributed by atoms with Crippen LogP contribution in [0.3, 0.4) is 0 Å². The maximum absolute atomic E-state index is 2.47. The second kappa shape index (κ2) is 12.4. The third-order valence-corrected chi connectivity index (χ3v) is 13.8. The first-order chi connectivity index (χ1) is 27.5. The van der Waals surface area contributed by atoms with Crippen molar-refractivity contribution in [3.63, 3.8) is 0 Å². The minimum atomic E-state index is -0.116. The summed E-state index contributed by atoms with van der Waals surface area (Å²) in [7, 11) is 0. The number of rotatable bonds is 3. The maximum Gasteiger partial charge on any atom is 0.0159 e. The van der Waals surface area contributed by atoms with E-state index < -0.39 is 0 Å². The largest absolute Gasteiger partial charge is 0.0579 e. The van der Waals surface area contributed by atoms with Crippen molar-refractivity contribution < 1.29 is 0 Å². The molecule has 58 heavy (non-hydrogen) atoms. The molecule has 0 N–H and O–H groups in total. The number of benzene rings is 8. The average molecular weight is 751 g/mol. The Hall–Kier alpha value is -5.72. The molecule has 0 heteroatoms. The van der Waals surface area contributed by atoms with Gasteiger partial charge in [-0.1, -0.05) is 178 Å². The van der Waals surface area contributed by atoms with Crippen molar-refractivity contribution in [2.45, 2.75) is 90.9 Å². The van der Waals surface area contributed by atoms with Crippen LogP contribution >= 0.6 is 0 Å². The summed E-state index contributed by atoms with van der Waals surface area (Å²) >= 11 is 0. The summed E-state index contributed by atoms with van der Waals surface area (Å²) in [6.45, 7) is 23.3. The Labute approximate surface area is 345 Å². The van der Waals surface area contributed by atoms with E-state index in [9.17, 15) is 0 Å². The number of hydrogen-bond acceptors (Lipinski definition) is 0. The summed E-state index contributed by atoms with van der Waals surface area (Å²) in [4.78, 5) is 0. The molecule has 0 bridgehead atoms. The molecule has 10 rings (SSSR count). The van der Waals surface area contributed by atoms with E-state index in [2.05, 4.69) is 215 Å². The fraction of sp³-hybridized carbons (Fsp3) is 0.241. The topological polar surface area (TPSA) is 0 Å². The van der Waals surface area contributed by atoms with Gasteiger partial charge in [0.1, 0.15) is 0 Å². The lowest BCUT2D eigenvalue weighted by Crippen LogP contribution is -2.15. The van der Waals surface area contributed by atoms with Gasteiger partial charge < -0.3 is 0 Å². The highest BCUT2D eigenvalue weighted by Crippen LogP contribution is 2.53. The molecule has 8 aromatic rings. The van der Waals surface area contributed by atoms with E-state index in [1.54, 1.807) is 0 Å². The van der Waals surface area contributed by atoms with Gasteiger partial charge in [-0.2, -0.15) is 0 Å². The van der Waals surface area contributed by atoms with Crippen molar-refractivity contribution >= 4 is 21.5 Å². The minimum absolute atomic E-state index is 0.116. The Balaban J connectivity index is 0.953. The van der Waals surface area contributed by atoms with Crippen LogP contribution in [-0.4, -0.2) is 0 Å². The summed E-state index contributed by atoms with van der Waals surface area (Å²) in [5.74, 6) is 0. The number of fused-ring (bicyclic) bond motifs is 8. The highest BCUT2D eigenvalue weighted by atomic mass is 14.4. The molecular formula is C58H54. The molecule has 0 fully saturated rings. The Morgan fingerprint density at radius 1 is 0.276 bits per heavy atom. The lowest BCUT2D eigenvalue weighted by Gasteiger charge is -2.24. The molecule has 0 amide bonds. The van der Waals surface area contributed by atoms with Crippen LogP contribution in [0.15, 0.2) is 146 Å². The summed E-state index contributed by atoms with van der Waals surface area (Å²) in [6.07, 6.45) is 0. The molecule has 0 saturated heterocycles. The van der Waals surface area contributed by atoms with E-state index in [1.165, 1.54) is 111 Å². The fourth-order valence-electron chi connectivity index (χ4n) is 9.98.